The minimum Gasteiger partial charge on any atom is -0.368 e. The van der Waals surface area contributed by atoms with Crippen LogP contribution in [0.25, 0.3) is 0 Å². The molecule has 1 atom stereocenters. The highest BCUT2D eigenvalue weighted by Crippen LogP contribution is 2.23. The zero-order valence-electron chi connectivity index (χ0n) is 7.76. The van der Waals surface area contributed by atoms with E-state index in [-0.39, 0.29) is 0 Å². The van der Waals surface area contributed by atoms with Crippen LogP contribution >= 0.6 is 11.8 Å². The van der Waals surface area contributed by atoms with Gasteiger partial charge in [0.1, 0.15) is 5.44 Å². The molecule has 1 rings (SSSR count). The fourth-order valence-electron chi connectivity index (χ4n) is 1.34. The second-order valence-electron chi connectivity index (χ2n) is 3.23. The zero-order chi connectivity index (χ0) is 8.65. The summed E-state index contributed by atoms with van der Waals surface area (Å²) in [5.41, 5.74) is 0.503. The molecule has 2 heteroatoms. The number of unbranched alkanes of at least 4 members (excludes halogenated alkanes) is 2. The van der Waals surface area contributed by atoms with Crippen LogP contribution in [0.4, 0.5) is 0 Å². The molecule has 1 saturated heterocycles. The van der Waals surface area contributed by atoms with E-state index in [0.29, 0.717) is 5.44 Å². The van der Waals surface area contributed by atoms with Crippen molar-refractivity contribution in [2.45, 2.75) is 44.0 Å². The lowest BCUT2D eigenvalue weighted by molar-refractivity contribution is 0.0728. The van der Waals surface area contributed by atoms with Gasteiger partial charge in [-0.25, -0.2) is 0 Å². The van der Waals surface area contributed by atoms with Crippen molar-refractivity contribution in [2.75, 3.05) is 12.4 Å². The van der Waals surface area contributed by atoms with E-state index in [2.05, 4.69) is 6.92 Å². The monoisotopic (exact) mass is 187 g/mol. The highest BCUT2D eigenvalue weighted by Gasteiger charge is 2.12. The van der Waals surface area contributed by atoms with Gasteiger partial charge in [0.05, 0.1) is 0 Å². The van der Waals surface area contributed by atoms with Gasteiger partial charge in [0.2, 0.25) is 0 Å². The minimum atomic E-state index is 0.503. The lowest BCUT2D eigenvalue weighted by atomic mass is 10.2. The molecule has 1 radical (unpaired) electrons. The van der Waals surface area contributed by atoms with Crippen molar-refractivity contribution in [3.05, 3.63) is 6.92 Å². The molecule has 0 amide bonds. The molecule has 1 unspecified atom stereocenters. The molecule has 0 aromatic heterocycles. The molecule has 0 spiro atoms. The predicted octanol–water partition coefficient (Wildman–Crippen LogP) is 3.25. The van der Waals surface area contributed by atoms with Crippen LogP contribution in [0.3, 0.4) is 0 Å². The second kappa shape index (κ2) is 6.79. The second-order valence-corrected chi connectivity index (χ2v) is 4.49. The minimum absolute atomic E-state index is 0.503. The zero-order valence-corrected chi connectivity index (χ0v) is 8.57. The average molecular weight is 187 g/mol. The summed E-state index contributed by atoms with van der Waals surface area (Å²) in [4.78, 5) is 0. The fourth-order valence-corrected chi connectivity index (χ4v) is 2.50. The molecule has 0 N–H and O–H groups in total. The SMILES string of the molecule is [CH2]CCCCSC1CCCCO1. The van der Waals surface area contributed by atoms with Gasteiger partial charge in [-0.05, 0) is 31.4 Å². The highest BCUT2D eigenvalue weighted by atomic mass is 32.2. The van der Waals surface area contributed by atoms with Gasteiger partial charge in [-0.1, -0.05) is 19.8 Å². The van der Waals surface area contributed by atoms with Crippen LogP contribution < -0.4 is 0 Å². The van der Waals surface area contributed by atoms with Crippen LogP contribution in [0, 0.1) is 6.92 Å². The van der Waals surface area contributed by atoms with Gasteiger partial charge in [-0.15, -0.1) is 11.8 Å². The van der Waals surface area contributed by atoms with Crippen molar-refractivity contribution in [1.29, 1.82) is 0 Å². The molecule has 1 aliphatic rings. The van der Waals surface area contributed by atoms with E-state index in [0.717, 1.165) is 13.0 Å². The molecule has 1 heterocycles. The van der Waals surface area contributed by atoms with E-state index >= 15 is 0 Å². The largest absolute Gasteiger partial charge is 0.368 e. The Kier molecular flexibility index (Phi) is 5.88. The topological polar surface area (TPSA) is 9.23 Å². The van der Waals surface area contributed by atoms with Crippen molar-refractivity contribution >= 4 is 11.8 Å². The number of hydrogen-bond acceptors (Lipinski definition) is 2. The van der Waals surface area contributed by atoms with E-state index in [9.17, 15) is 0 Å². The summed E-state index contributed by atoms with van der Waals surface area (Å²) in [7, 11) is 0. The van der Waals surface area contributed by atoms with Crippen molar-refractivity contribution < 1.29 is 4.74 Å². The third-order valence-electron chi connectivity index (χ3n) is 2.09. The van der Waals surface area contributed by atoms with Crippen LogP contribution in [0.15, 0.2) is 0 Å². The third kappa shape index (κ3) is 4.36. The van der Waals surface area contributed by atoms with E-state index in [1.165, 1.54) is 37.9 Å². The standard InChI is InChI=1S/C10H19OS/c1-2-3-6-9-12-10-7-4-5-8-11-10/h10H,1-9H2. The van der Waals surface area contributed by atoms with E-state index < -0.39 is 0 Å². The van der Waals surface area contributed by atoms with Crippen molar-refractivity contribution in [2.24, 2.45) is 0 Å². The van der Waals surface area contributed by atoms with Crippen LogP contribution in [-0.2, 0) is 4.74 Å². The summed E-state index contributed by atoms with van der Waals surface area (Å²) in [6.07, 6.45) is 7.51. The Labute approximate surface area is 80.3 Å². The van der Waals surface area contributed by atoms with Gasteiger partial charge in [0, 0.05) is 6.61 Å². The van der Waals surface area contributed by atoms with E-state index in [1.54, 1.807) is 0 Å². The Morgan fingerprint density at radius 1 is 1.33 bits per heavy atom. The first-order valence-corrected chi connectivity index (χ1v) is 6.01. The molecular weight excluding hydrogens is 168 g/mol. The highest BCUT2D eigenvalue weighted by molar-refractivity contribution is 7.99. The maximum absolute atomic E-state index is 5.61. The van der Waals surface area contributed by atoms with Gasteiger partial charge in [0.25, 0.3) is 0 Å². The molecule has 0 saturated carbocycles. The number of hydrogen-bond donors (Lipinski definition) is 0. The summed E-state index contributed by atoms with van der Waals surface area (Å²) in [5.74, 6) is 1.25. The Morgan fingerprint density at radius 2 is 2.25 bits per heavy atom. The summed E-state index contributed by atoms with van der Waals surface area (Å²) in [6.45, 7) is 4.81. The number of rotatable bonds is 5. The lowest BCUT2D eigenvalue weighted by Crippen LogP contribution is -2.15. The van der Waals surface area contributed by atoms with Gasteiger partial charge in [-0.2, -0.15) is 0 Å². The molecule has 1 aliphatic heterocycles. The molecule has 0 bridgehead atoms. The molecule has 0 aromatic carbocycles. The molecule has 1 nitrogen and oxygen atoms in total. The van der Waals surface area contributed by atoms with Crippen molar-refractivity contribution in [1.82, 2.24) is 0 Å². The fraction of sp³-hybridized carbons (Fsp3) is 0.900. The normalized spacial score (nSPS) is 24.2. The first-order chi connectivity index (χ1) is 5.93. The Bertz CT molecular complexity index is 100. The summed E-state index contributed by atoms with van der Waals surface area (Å²) in [6, 6.07) is 0. The third-order valence-corrected chi connectivity index (χ3v) is 3.35. The summed E-state index contributed by atoms with van der Waals surface area (Å²) in [5, 5.41) is 0. The Morgan fingerprint density at radius 3 is 2.92 bits per heavy atom. The Balaban J connectivity index is 1.91. The van der Waals surface area contributed by atoms with Crippen molar-refractivity contribution in [3.63, 3.8) is 0 Å². The van der Waals surface area contributed by atoms with Crippen LogP contribution in [0.2, 0.25) is 0 Å². The molecule has 71 valence electrons. The first-order valence-electron chi connectivity index (χ1n) is 4.96. The van der Waals surface area contributed by atoms with Crippen molar-refractivity contribution in [3.8, 4) is 0 Å². The van der Waals surface area contributed by atoms with Gasteiger partial charge in [-0.3, -0.25) is 0 Å². The van der Waals surface area contributed by atoms with Gasteiger partial charge >= 0.3 is 0 Å². The lowest BCUT2D eigenvalue weighted by Gasteiger charge is -2.21. The van der Waals surface area contributed by atoms with Crippen LogP contribution in [0.1, 0.15) is 38.5 Å². The molecule has 0 aliphatic carbocycles. The Hall–Kier alpha value is 0.310. The maximum Gasteiger partial charge on any atom is 0.103 e. The summed E-state index contributed by atoms with van der Waals surface area (Å²) < 4.78 is 5.61. The first kappa shape index (κ1) is 10.4. The van der Waals surface area contributed by atoms with Gasteiger partial charge in [0.15, 0.2) is 0 Å². The van der Waals surface area contributed by atoms with E-state index in [4.69, 9.17) is 4.74 Å². The van der Waals surface area contributed by atoms with E-state index in [1.807, 2.05) is 11.8 Å². The predicted molar refractivity (Wildman–Crippen MR) is 55.3 cm³/mol. The van der Waals surface area contributed by atoms with Crippen LogP contribution in [0.5, 0.6) is 0 Å². The molecule has 12 heavy (non-hydrogen) atoms. The van der Waals surface area contributed by atoms with Crippen LogP contribution in [-0.4, -0.2) is 17.8 Å². The van der Waals surface area contributed by atoms with Gasteiger partial charge < -0.3 is 4.74 Å². The maximum atomic E-state index is 5.61. The number of thioether (sulfide) groups is 1. The average Bonchev–Trinajstić information content (AvgIpc) is 2.14. The number of ether oxygens (including phenoxy) is 1. The summed E-state index contributed by atoms with van der Waals surface area (Å²) >= 11 is 1.99. The molecule has 1 fully saturated rings. The molecule has 0 aromatic rings. The molecular formula is C10H19OS. The smallest absolute Gasteiger partial charge is 0.103 e. The quantitative estimate of drug-likeness (QED) is 0.611.